The molecule has 0 saturated carbocycles. The first kappa shape index (κ1) is 19.2. The standard InChI is InChI=1S/C20H22N2O4/c1-12-8-13(2)10-17(9-12)18(20(25)26)22-19(24)16-6-4-15(5-7-16)11-21-14(3)23/h4-10,18H,11H2,1-3H3,(H,21,23)(H,22,24)(H,25,26). The Morgan fingerprint density at radius 1 is 1.00 bits per heavy atom. The molecule has 0 heterocycles. The van der Waals surface area contributed by atoms with Crippen molar-refractivity contribution in [3.8, 4) is 0 Å². The van der Waals surface area contributed by atoms with Crippen LogP contribution >= 0.6 is 0 Å². The molecule has 6 nitrogen and oxygen atoms in total. The van der Waals surface area contributed by atoms with Crippen LogP contribution in [-0.2, 0) is 16.1 Å². The summed E-state index contributed by atoms with van der Waals surface area (Å²) in [4.78, 5) is 35.0. The minimum atomic E-state index is -1.12. The van der Waals surface area contributed by atoms with Gasteiger partial charge in [-0.2, -0.15) is 0 Å². The van der Waals surface area contributed by atoms with Crippen LogP contribution in [0.5, 0.6) is 0 Å². The Kier molecular flexibility index (Phi) is 6.11. The number of benzene rings is 2. The van der Waals surface area contributed by atoms with Crippen molar-refractivity contribution in [1.29, 1.82) is 0 Å². The van der Waals surface area contributed by atoms with E-state index in [4.69, 9.17) is 0 Å². The Labute approximate surface area is 152 Å². The molecule has 136 valence electrons. The van der Waals surface area contributed by atoms with Gasteiger partial charge >= 0.3 is 5.97 Å². The van der Waals surface area contributed by atoms with Gasteiger partial charge in [0.1, 0.15) is 0 Å². The van der Waals surface area contributed by atoms with Crippen molar-refractivity contribution in [3.63, 3.8) is 0 Å². The van der Waals surface area contributed by atoms with Gasteiger partial charge in [-0.15, -0.1) is 0 Å². The lowest BCUT2D eigenvalue weighted by molar-refractivity contribution is -0.139. The van der Waals surface area contributed by atoms with Crippen molar-refractivity contribution in [3.05, 3.63) is 70.3 Å². The van der Waals surface area contributed by atoms with Crippen LogP contribution in [-0.4, -0.2) is 22.9 Å². The van der Waals surface area contributed by atoms with Crippen molar-refractivity contribution in [2.45, 2.75) is 33.4 Å². The number of aliphatic carboxylic acids is 1. The number of carboxylic acids is 1. The van der Waals surface area contributed by atoms with Crippen LogP contribution in [0, 0.1) is 13.8 Å². The van der Waals surface area contributed by atoms with Crippen LogP contribution in [0.15, 0.2) is 42.5 Å². The molecule has 2 rings (SSSR count). The maximum absolute atomic E-state index is 12.4. The predicted octanol–water partition coefficient (Wildman–Crippen LogP) is 2.50. The van der Waals surface area contributed by atoms with Gasteiger partial charge in [0.05, 0.1) is 0 Å². The summed E-state index contributed by atoms with van der Waals surface area (Å²) in [5.74, 6) is -1.72. The summed E-state index contributed by atoms with van der Waals surface area (Å²) in [5.41, 5.74) is 3.60. The summed E-state index contributed by atoms with van der Waals surface area (Å²) in [6.07, 6.45) is 0. The molecule has 3 N–H and O–H groups in total. The maximum Gasteiger partial charge on any atom is 0.330 e. The van der Waals surface area contributed by atoms with Gasteiger partial charge < -0.3 is 15.7 Å². The molecule has 0 aliphatic carbocycles. The van der Waals surface area contributed by atoms with Gasteiger partial charge in [0.15, 0.2) is 6.04 Å². The maximum atomic E-state index is 12.4. The molecule has 0 aromatic heterocycles. The summed E-state index contributed by atoms with van der Waals surface area (Å²) in [5, 5.41) is 14.8. The Bertz CT molecular complexity index is 808. The lowest BCUT2D eigenvalue weighted by atomic mass is 10.0. The van der Waals surface area contributed by atoms with E-state index in [1.807, 2.05) is 19.9 Å². The molecule has 0 spiro atoms. The number of carbonyl (C=O) groups is 3. The first-order valence-electron chi connectivity index (χ1n) is 8.21. The average molecular weight is 354 g/mol. The molecule has 0 aliphatic heterocycles. The third kappa shape index (κ3) is 5.17. The second-order valence-corrected chi connectivity index (χ2v) is 6.27. The molecule has 0 bridgehead atoms. The minimum Gasteiger partial charge on any atom is -0.479 e. The fraction of sp³-hybridized carbons (Fsp3) is 0.250. The largest absolute Gasteiger partial charge is 0.479 e. The Morgan fingerprint density at radius 3 is 2.08 bits per heavy atom. The molecule has 1 atom stereocenters. The van der Waals surface area contributed by atoms with Gasteiger partial charge in [-0.1, -0.05) is 41.5 Å². The van der Waals surface area contributed by atoms with E-state index in [-0.39, 0.29) is 5.91 Å². The lowest BCUT2D eigenvalue weighted by Crippen LogP contribution is -2.33. The van der Waals surface area contributed by atoms with Crippen LogP contribution in [0.2, 0.25) is 0 Å². The Hall–Kier alpha value is -3.15. The summed E-state index contributed by atoms with van der Waals surface area (Å²) in [7, 11) is 0. The monoisotopic (exact) mass is 354 g/mol. The second kappa shape index (κ2) is 8.29. The highest BCUT2D eigenvalue weighted by Gasteiger charge is 2.23. The first-order chi connectivity index (χ1) is 12.3. The Balaban J connectivity index is 2.14. The van der Waals surface area contributed by atoms with Crippen molar-refractivity contribution in [2.75, 3.05) is 0 Å². The molecule has 26 heavy (non-hydrogen) atoms. The minimum absolute atomic E-state index is 0.135. The van der Waals surface area contributed by atoms with E-state index in [0.29, 0.717) is 17.7 Å². The summed E-state index contributed by atoms with van der Waals surface area (Å²) in [6.45, 7) is 5.56. The molecule has 2 amide bonds. The third-order valence-electron chi connectivity index (χ3n) is 3.86. The third-order valence-corrected chi connectivity index (χ3v) is 3.86. The van der Waals surface area contributed by atoms with Crippen LogP contribution in [0.3, 0.4) is 0 Å². The number of carbonyl (C=O) groups excluding carboxylic acids is 2. The highest BCUT2D eigenvalue weighted by atomic mass is 16.4. The van der Waals surface area contributed by atoms with Crippen molar-refractivity contribution >= 4 is 17.8 Å². The predicted molar refractivity (Wildman–Crippen MR) is 97.7 cm³/mol. The zero-order valence-corrected chi connectivity index (χ0v) is 15.0. The molecule has 0 radical (unpaired) electrons. The highest BCUT2D eigenvalue weighted by molar-refractivity contribution is 5.96. The SMILES string of the molecule is CC(=O)NCc1ccc(C(=O)NC(C(=O)O)c2cc(C)cc(C)c2)cc1. The number of hydrogen-bond acceptors (Lipinski definition) is 3. The van der Waals surface area contributed by atoms with Crippen LogP contribution < -0.4 is 10.6 Å². The smallest absolute Gasteiger partial charge is 0.330 e. The molecule has 2 aromatic carbocycles. The summed E-state index contributed by atoms with van der Waals surface area (Å²) >= 11 is 0. The summed E-state index contributed by atoms with van der Waals surface area (Å²) in [6, 6.07) is 11.0. The molecular weight excluding hydrogens is 332 g/mol. The van der Waals surface area contributed by atoms with E-state index in [1.54, 1.807) is 36.4 Å². The number of amides is 2. The first-order valence-corrected chi connectivity index (χ1v) is 8.21. The van der Waals surface area contributed by atoms with E-state index in [9.17, 15) is 19.5 Å². The number of nitrogens with one attached hydrogen (secondary N) is 2. The van der Waals surface area contributed by atoms with Gasteiger partial charge in [-0.25, -0.2) is 4.79 Å². The van der Waals surface area contributed by atoms with Gasteiger partial charge in [0, 0.05) is 19.0 Å². The average Bonchev–Trinajstić information content (AvgIpc) is 2.56. The topological polar surface area (TPSA) is 95.5 Å². The van der Waals surface area contributed by atoms with Gasteiger partial charge in [-0.3, -0.25) is 9.59 Å². The van der Waals surface area contributed by atoms with Crippen LogP contribution in [0.4, 0.5) is 0 Å². The van der Waals surface area contributed by atoms with E-state index in [2.05, 4.69) is 10.6 Å². The van der Waals surface area contributed by atoms with Crippen LogP contribution in [0.25, 0.3) is 0 Å². The summed E-state index contributed by atoms with van der Waals surface area (Å²) < 4.78 is 0. The molecule has 1 unspecified atom stereocenters. The number of hydrogen-bond donors (Lipinski definition) is 3. The molecule has 0 saturated heterocycles. The van der Waals surface area contributed by atoms with Crippen molar-refractivity contribution in [1.82, 2.24) is 10.6 Å². The zero-order chi connectivity index (χ0) is 19.3. The number of rotatable bonds is 6. The highest BCUT2D eigenvalue weighted by Crippen LogP contribution is 2.18. The molecule has 0 fully saturated rings. The Morgan fingerprint density at radius 2 is 1.58 bits per heavy atom. The molecule has 6 heteroatoms. The van der Waals surface area contributed by atoms with Crippen molar-refractivity contribution < 1.29 is 19.5 Å². The van der Waals surface area contributed by atoms with E-state index >= 15 is 0 Å². The fourth-order valence-electron chi connectivity index (χ4n) is 2.68. The quantitative estimate of drug-likeness (QED) is 0.743. The van der Waals surface area contributed by atoms with E-state index < -0.39 is 17.9 Å². The lowest BCUT2D eigenvalue weighted by Gasteiger charge is -2.16. The van der Waals surface area contributed by atoms with E-state index in [1.165, 1.54) is 6.92 Å². The normalized spacial score (nSPS) is 11.5. The molecule has 0 aliphatic rings. The van der Waals surface area contributed by atoms with Gasteiger partial charge in [0.25, 0.3) is 5.91 Å². The second-order valence-electron chi connectivity index (χ2n) is 6.27. The van der Waals surface area contributed by atoms with E-state index in [0.717, 1.165) is 16.7 Å². The van der Waals surface area contributed by atoms with Gasteiger partial charge in [-0.05, 0) is 37.1 Å². The van der Waals surface area contributed by atoms with Crippen LogP contribution in [0.1, 0.15) is 45.6 Å². The fourth-order valence-corrected chi connectivity index (χ4v) is 2.68. The van der Waals surface area contributed by atoms with Crippen molar-refractivity contribution in [2.24, 2.45) is 0 Å². The zero-order valence-electron chi connectivity index (χ0n) is 15.0. The number of aryl methyl sites for hydroxylation is 2. The molecule has 2 aromatic rings. The van der Waals surface area contributed by atoms with Gasteiger partial charge in [0.2, 0.25) is 5.91 Å². The molecular formula is C20H22N2O4. The number of carboxylic acid groups (broad SMARTS) is 1.